The lowest BCUT2D eigenvalue weighted by atomic mass is 10.2. The van der Waals surface area contributed by atoms with Gasteiger partial charge in [0.15, 0.2) is 5.65 Å². The van der Waals surface area contributed by atoms with E-state index in [-0.39, 0.29) is 5.91 Å². The average molecular weight is 303 g/mol. The summed E-state index contributed by atoms with van der Waals surface area (Å²) in [6.07, 6.45) is 4.04. The minimum atomic E-state index is 0.172. The molecule has 1 aliphatic heterocycles. The predicted molar refractivity (Wildman–Crippen MR) is 82.9 cm³/mol. The van der Waals surface area contributed by atoms with Crippen LogP contribution in [0.3, 0.4) is 0 Å². The number of carbonyl (C=O) groups is 1. The van der Waals surface area contributed by atoms with Gasteiger partial charge in [0, 0.05) is 45.2 Å². The molecule has 1 saturated heterocycles. The maximum atomic E-state index is 12.1. The molecule has 0 aliphatic carbocycles. The van der Waals surface area contributed by atoms with Gasteiger partial charge in [-0.1, -0.05) is 0 Å². The van der Waals surface area contributed by atoms with Crippen molar-refractivity contribution in [3.05, 3.63) is 24.5 Å². The third-order valence-corrected chi connectivity index (χ3v) is 3.86. The summed E-state index contributed by atoms with van der Waals surface area (Å²) in [5.41, 5.74) is 0.841. The molecule has 7 heteroatoms. The summed E-state index contributed by atoms with van der Waals surface area (Å²) in [5, 5.41) is 4.55. The van der Waals surface area contributed by atoms with E-state index in [1.54, 1.807) is 10.7 Å². The van der Waals surface area contributed by atoms with Gasteiger partial charge in [0.25, 0.3) is 0 Å². The number of aromatic nitrogens is 3. The lowest BCUT2D eigenvalue weighted by Gasteiger charge is -2.35. The van der Waals surface area contributed by atoms with Gasteiger partial charge in [0.2, 0.25) is 5.91 Å². The Labute approximate surface area is 129 Å². The molecule has 0 atom stereocenters. The maximum absolute atomic E-state index is 12.1. The molecule has 0 saturated carbocycles. The Kier molecular flexibility index (Phi) is 4.53. The number of nitrogens with zero attached hydrogens (tertiary/aromatic N) is 5. The number of fused-ring (bicyclic) bond motifs is 1. The first-order chi connectivity index (χ1) is 10.8. The largest absolute Gasteiger partial charge is 0.381 e. The van der Waals surface area contributed by atoms with Crippen LogP contribution in [0.1, 0.15) is 13.3 Å². The Balaban J connectivity index is 1.55. The van der Waals surface area contributed by atoms with Gasteiger partial charge in [-0.15, -0.1) is 5.10 Å². The van der Waals surface area contributed by atoms with E-state index in [2.05, 4.69) is 15.0 Å². The second-order valence-corrected chi connectivity index (χ2v) is 5.24. The number of piperazine rings is 1. The Morgan fingerprint density at radius 1 is 1.27 bits per heavy atom. The first kappa shape index (κ1) is 14.8. The second-order valence-electron chi connectivity index (χ2n) is 5.24. The van der Waals surface area contributed by atoms with Gasteiger partial charge < -0.3 is 14.5 Å². The van der Waals surface area contributed by atoms with Crippen LogP contribution in [0, 0.1) is 0 Å². The Hall–Kier alpha value is -2.15. The monoisotopic (exact) mass is 303 g/mol. The highest BCUT2D eigenvalue weighted by atomic mass is 16.5. The summed E-state index contributed by atoms with van der Waals surface area (Å²) in [6.45, 7) is 6.16. The van der Waals surface area contributed by atoms with Crippen LogP contribution >= 0.6 is 0 Å². The van der Waals surface area contributed by atoms with Crippen molar-refractivity contribution in [1.29, 1.82) is 0 Å². The smallest absolute Gasteiger partial charge is 0.225 e. The van der Waals surface area contributed by atoms with E-state index in [1.165, 1.54) is 0 Å². The number of imidazole rings is 1. The summed E-state index contributed by atoms with van der Waals surface area (Å²) in [6, 6.07) is 3.94. The Morgan fingerprint density at radius 2 is 2.09 bits per heavy atom. The van der Waals surface area contributed by atoms with Crippen LogP contribution in [-0.4, -0.2) is 64.8 Å². The zero-order valence-electron chi connectivity index (χ0n) is 12.8. The molecule has 0 bridgehead atoms. The molecule has 1 aliphatic rings. The molecule has 0 spiro atoms. The number of anilines is 1. The number of hydrogen-bond donors (Lipinski definition) is 0. The lowest BCUT2D eigenvalue weighted by molar-refractivity contribution is -0.132. The zero-order valence-corrected chi connectivity index (χ0v) is 12.8. The van der Waals surface area contributed by atoms with Crippen LogP contribution in [0.2, 0.25) is 0 Å². The molecule has 0 N–H and O–H groups in total. The summed E-state index contributed by atoms with van der Waals surface area (Å²) in [4.78, 5) is 20.4. The molecule has 0 unspecified atom stereocenters. The Morgan fingerprint density at radius 3 is 2.86 bits per heavy atom. The number of rotatable bonds is 5. The van der Waals surface area contributed by atoms with Crippen LogP contribution in [0.15, 0.2) is 24.5 Å². The minimum absolute atomic E-state index is 0.172. The molecule has 7 nitrogen and oxygen atoms in total. The van der Waals surface area contributed by atoms with E-state index >= 15 is 0 Å². The van der Waals surface area contributed by atoms with Gasteiger partial charge in [0.05, 0.1) is 13.0 Å². The van der Waals surface area contributed by atoms with Crippen molar-refractivity contribution in [2.45, 2.75) is 13.3 Å². The first-order valence-electron chi connectivity index (χ1n) is 7.69. The third-order valence-electron chi connectivity index (χ3n) is 3.86. The fourth-order valence-electron chi connectivity index (χ4n) is 2.62. The third kappa shape index (κ3) is 3.19. The van der Waals surface area contributed by atoms with Crippen molar-refractivity contribution in [2.75, 3.05) is 44.3 Å². The highest BCUT2D eigenvalue weighted by Crippen LogP contribution is 2.14. The van der Waals surface area contributed by atoms with Gasteiger partial charge in [-0.05, 0) is 19.1 Å². The summed E-state index contributed by atoms with van der Waals surface area (Å²) < 4.78 is 7.01. The quantitative estimate of drug-likeness (QED) is 0.765. The molecule has 2 aromatic heterocycles. The van der Waals surface area contributed by atoms with Gasteiger partial charge in [0.1, 0.15) is 5.82 Å². The van der Waals surface area contributed by atoms with Crippen molar-refractivity contribution in [3.63, 3.8) is 0 Å². The van der Waals surface area contributed by atoms with Crippen molar-refractivity contribution < 1.29 is 9.53 Å². The second kappa shape index (κ2) is 6.74. The van der Waals surface area contributed by atoms with Crippen molar-refractivity contribution in [1.82, 2.24) is 19.5 Å². The standard InChI is InChI=1S/C15H21N5O2/c1-2-22-12-5-15(21)19-10-8-18(9-11-19)14-4-3-13-16-6-7-20(13)17-14/h3-4,6-7H,2,5,8-12H2,1H3. The molecule has 0 aromatic carbocycles. The number of amides is 1. The minimum Gasteiger partial charge on any atom is -0.381 e. The topological polar surface area (TPSA) is 63.0 Å². The van der Waals surface area contributed by atoms with Gasteiger partial charge in [-0.25, -0.2) is 9.50 Å². The molecular weight excluding hydrogens is 282 g/mol. The fourth-order valence-corrected chi connectivity index (χ4v) is 2.62. The van der Waals surface area contributed by atoms with Crippen LogP contribution < -0.4 is 4.90 Å². The summed E-state index contributed by atoms with van der Waals surface area (Å²) >= 11 is 0. The molecule has 22 heavy (non-hydrogen) atoms. The molecule has 1 fully saturated rings. The molecule has 3 rings (SSSR count). The normalized spacial score (nSPS) is 15.5. The van der Waals surface area contributed by atoms with Gasteiger partial charge in [-0.3, -0.25) is 4.79 Å². The number of ether oxygens (including phenoxy) is 1. The highest BCUT2D eigenvalue weighted by Gasteiger charge is 2.21. The van der Waals surface area contributed by atoms with Gasteiger partial charge in [-0.2, -0.15) is 0 Å². The maximum Gasteiger partial charge on any atom is 0.225 e. The zero-order chi connectivity index (χ0) is 15.4. The van der Waals surface area contributed by atoms with Crippen molar-refractivity contribution in [2.24, 2.45) is 0 Å². The summed E-state index contributed by atoms with van der Waals surface area (Å²) in [5.74, 6) is 1.10. The average Bonchev–Trinajstić information content (AvgIpc) is 3.02. The van der Waals surface area contributed by atoms with Crippen LogP contribution in [0.4, 0.5) is 5.82 Å². The van der Waals surface area contributed by atoms with Crippen LogP contribution in [-0.2, 0) is 9.53 Å². The predicted octanol–water partition coefficient (Wildman–Crippen LogP) is 0.804. The van der Waals surface area contributed by atoms with Crippen LogP contribution in [0.25, 0.3) is 5.65 Å². The van der Waals surface area contributed by atoms with E-state index in [9.17, 15) is 4.79 Å². The number of carbonyl (C=O) groups excluding carboxylic acids is 1. The van der Waals surface area contributed by atoms with Crippen molar-refractivity contribution in [3.8, 4) is 0 Å². The molecule has 2 aromatic rings. The number of hydrogen-bond acceptors (Lipinski definition) is 5. The Bertz CT molecular complexity index is 634. The summed E-state index contributed by atoms with van der Waals surface area (Å²) in [7, 11) is 0. The van der Waals surface area contributed by atoms with E-state index in [4.69, 9.17) is 4.74 Å². The van der Waals surface area contributed by atoms with E-state index in [0.29, 0.717) is 19.6 Å². The molecule has 118 valence electrons. The highest BCUT2D eigenvalue weighted by molar-refractivity contribution is 5.76. The molecular formula is C15H21N5O2. The SMILES string of the molecule is CCOCCC(=O)N1CCN(c2ccc3nccn3n2)CC1. The molecule has 1 amide bonds. The van der Waals surface area contributed by atoms with E-state index in [1.807, 2.05) is 30.2 Å². The van der Waals surface area contributed by atoms with E-state index in [0.717, 1.165) is 37.6 Å². The van der Waals surface area contributed by atoms with E-state index < -0.39 is 0 Å². The lowest BCUT2D eigenvalue weighted by Crippen LogP contribution is -2.49. The fraction of sp³-hybridized carbons (Fsp3) is 0.533. The van der Waals surface area contributed by atoms with Gasteiger partial charge >= 0.3 is 0 Å². The van der Waals surface area contributed by atoms with Crippen LogP contribution in [0.5, 0.6) is 0 Å². The van der Waals surface area contributed by atoms with Crippen molar-refractivity contribution >= 4 is 17.4 Å². The first-order valence-corrected chi connectivity index (χ1v) is 7.69. The molecule has 3 heterocycles. The molecule has 0 radical (unpaired) electrons.